The minimum Gasteiger partial charge on any atom is -0.468 e. The maximum Gasteiger partial charge on any atom is 0.326 e. The molecule has 4 heteroatoms. The van der Waals surface area contributed by atoms with Crippen molar-refractivity contribution in [2.75, 3.05) is 20.2 Å². The van der Waals surface area contributed by atoms with Crippen molar-refractivity contribution >= 4 is 5.97 Å². The van der Waals surface area contributed by atoms with Crippen molar-refractivity contribution in [3.63, 3.8) is 0 Å². The average Bonchev–Trinajstić information content (AvgIpc) is 3.02. The molecule has 4 nitrogen and oxygen atoms in total. The van der Waals surface area contributed by atoms with E-state index in [1.165, 1.54) is 26.5 Å². The predicted octanol–water partition coefficient (Wildman–Crippen LogP) is 2.17. The van der Waals surface area contributed by atoms with Crippen molar-refractivity contribution in [3.05, 3.63) is 0 Å². The Morgan fingerprint density at radius 2 is 2.15 bits per heavy atom. The number of rotatable bonds is 5. The van der Waals surface area contributed by atoms with Gasteiger partial charge in [-0.3, -0.25) is 4.79 Å². The molecule has 3 unspecified atom stereocenters. The molecule has 0 spiro atoms. The summed E-state index contributed by atoms with van der Waals surface area (Å²) in [6.45, 7) is 6.88. The third-order valence-corrected chi connectivity index (χ3v) is 5.39. The molecule has 1 heterocycles. The lowest BCUT2D eigenvalue weighted by atomic mass is 9.85. The maximum atomic E-state index is 12.0. The zero-order valence-electron chi connectivity index (χ0n) is 13.2. The number of likely N-dealkylation sites (tertiary alicyclic amines) is 1. The standard InChI is InChI=1S/C16H30N2O2/c1-12(2)14-7-5-10-18(14)11-8-13-6-4-9-16(13,17)15(19)20-3/h12-14H,4-11,17H2,1-3H3. The van der Waals surface area contributed by atoms with Crippen molar-refractivity contribution in [3.8, 4) is 0 Å². The van der Waals surface area contributed by atoms with Crippen LogP contribution in [0.4, 0.5) is 0 Å². The normalized spacial score (nSPS) is 34.9. The number of hydrogen-bond donors (Lipinski definition) is 1. The summed E-state index contributed by atoms with van der Waals surface area (Å²) in [5.74, 6) is 0.773. The second-order valence-electron chi connectivity index (χ2n) is 6.90. The second kappa shape index (κ2) is 6.44. The van der Waals surface area contributed by atoms with Crippen molar-refractivity contribution < 1.29 is 9.53 Å². The first-order valence-corrected chi connectivity index (χ1v) is 8.10. The summed E-state index contributed by atoms with van der Waals surface area (Å²) in [4.78, 5) is 14.6. The fraction of sp³-hybridized carbons (Fsp3) is 0.938. The molecule has 2 N–H and O–H groups in total. The van der Waals surface area contributed by atoms with E-state index in [-0.39, 0.29) is 11.9 Å². The Labute approximate surface area is 123 Å². The zero-order chi connectivity index (χ0) is 14.8. The largest absolute Gasteiger partial charge is 0.468 e. The van der Waals surface area contributed by atoms with Crippen LogP contribution in [-0.2, 0) is 9.53 Å². The summed E-state index contributed by atoms with van der Waals surface area (Å²) in [7, 11) is 1.45. The number of methoxy groups -OCH3 is 1. The number of esters is 1. The fourth-order valence-electron chi connectivity index (χ4n) is 4.17. The SMILES string of the molecule is COC(=O)C1(N)CCCC1CCN1CCCC1C(C)C. The molecule has 1 saturated carbocycles. The molecule has 0 aromatic carbocycles. The van der Waals surface area contributed by atoms with Gasteiger partial charge >= 0.3 is 5.97 Å². The molecule has 2 rings (SSSR count). The van der Waals surface area contributed by atoms with E-state index in [2.05, 4.69) is 18.7 Å². The van der Waals surface area contributed by atoms with Gasteiger partial charge in [-0.15, -0.1) is 0 Å². The van der Waals surface area contributed by atoms with Crippen molar-refractivity contribution in [1.29, 1.82) is 0 Å². The molecule has 1 aliphatic carbocycles. The van der Waals surface area contributed by atoms with E-state index in [1.807, 2.05) is 0 Å². The van der Waals surface area contributed by atoms with Crippen LogP contribution in [0.1, 0.15) is 52.4 Å². The Bertz CT molecular complexity index is 345. The topological polar surface area (TPSA) is 55.6 Å². The molecule has 2 aliphatic rings. The van der Waals surface area contributed by atoms with E-state index in [4.69, 9.17) is 10.5 Å². The Morgan fingerprint density at radius 3 is 2.80 bits per heavy atom. The lowest BCUT2D eigenvalue weighted by Gasteiger charge is -2.32. The van der Waals surface area contributed by atoms with E-state index < -0.39 is 5.54 Å². The van der Waals surface area contributed by atoms with Crippen molar-refractivity contribution in [2.24, 2.45) is 17.6 Å². The zero-order valence-corrected chi connectivity index (χ0v) is 13.2. The lowest BCUT2D eigenvalue weighted by Crippen LogP contribution is -2.52. The Hall–Kier alpha value is -0.610. The van der Waals surface area contributed by atoms with Gasteiger partial charge in [-0.2, -0.15) is 0 Å². The molecule has 0 bridgehead atoms. The molecule has 1 saturated heterocycles. The monoisotopic (exact) mass is 282 g/mol. The van der Waals surface area contributed by atoms with Crippen molar-refractivity contribution in [1.82, 2.24) is 4.90 Å². The number of nitrogens with zero attached hydrogens (tertiary/aromatic N) is 1. The van der Waals surface area contributed by atoms with Gasteiger partial charge in [-0.05, 0) is 57.0 Å². The van der Waals surface area contributed by atoms with Crippen LogP contribution in [0.15, 0.2) is 0 Å². The van der Waals surface area contributed by atoms with Gasteiger partial charge in [0.1, 0.15) is 5.54 Å². The Kier molecular flexibility index (Phi) is 5.08. The molecular weight excluding hydrogens is 252 g/mol. The third kappa shape index (κ3) is 3.01. The van der Waals surface area contributed by atoms with Crippen LogP contribution in [-0.4, -0.2) is 42.6 Å². The minimum atomic E-state index is -0.734. The number of carbonyl (C=O) groups is 1. The van der Waals surface area contributed by atoms with Gasteiger partial charge in [0.2, 0.25) is 0 Å². The highest BCUT2D eigenvalue weighted by Gasteiger charge is 2.46. The highest BCUT2D eigenvalue weighted by molar-refractivity contribution is 5.81. The fourth-order valence-corrected chi connectivity index (χ4v) is 4.17. The Balaban J connectivity index is 1.91. The molecule has 0 amide bonds. The van der Waals surface area contributed by atoms with Gasteiger partial charge in [0.25, 0.3) is 0 Å². The van der Waals surface area contributed by atoms with E-state index in [0.717, 1.165) is 32.2 Å². The molecule has 0 aromatic rings. The first-order valence-electron chi connectivity index (χ1n) is 8.10. The van der Waals surface area contributed by atoms with Crippen LogP contribution in [0.2, 0.25) is 0 Å². The first-order chi connectivity index (χ1) is 9.49. The molecule has 0 aromatic heterocycles. The smallest absolute Gasteiger partial charge is 0.326 e. The van der Waals surface area contributed by atoms with E-state index in [1.54, 1.807) is 0 Å². The summed E-state index contributed by atoms with van der Waals surface area (Å²) >= 11 is 0. The number of nitrogens with two attached hydrogens (primary N) is 1. The molecule has 2 fully saturated rings. The molecule has 116 valence electrons. The molecular formula is C16H30N2O2. The van der Waals surface area contributed by atoms with E-state index in [0.29, 0.717) is 12.0 Å². The molecule has 20 heavy (non-hydrogen) atoms. The quantitative estimate of drug-likeness (QED) is 0.785. The number of ether oxygens (including phenoxy) is 1. The van der Waals surface area contributed by atoms with Crippen LogP contribution in [0.3, 0.4) is 0 Å². The number of carbonyl (C=O) groups excluding carboxylic acids is 1. The van der Waals surface area contributed by atoms with Gasteiger partial charge in [-0.1, -0.05) is 20.3 Å². The maximum absolute atomic E-state index is 12.0. The summed E-state index contributed by atoms with van der Waals surface area (Å²) in [6, 6.07) is 0.710. The van der Waals surface area contributed by atoms with Gasteiger partial charge in [-0.25, -0.2) is 0 Å². The van der Waals surface area contributed by atoms with Crippen LogP contribution >= 0.6 is 0 Å². The van der Waals surface area contributed by atoms with Crippen LogP contribution < -0.4 is 5.73 Å². The average molecular weight is 282 g/mol. The van der Waals surface area contributed by atoms with E-state index >= 15 is 0 Å². The van der Waals surface area contributed by atoms with Crippen LogP contribution in [0.5, 0.6) is 0 Å². The van der Waals surface area contributed by atoms with Gasteiger partial charge in [0.15, 0.2) is 0 Å². The molecule has 1 aliphatic heterocycles. The van der Waals surface area contributed by atoms with E-state index in [9.17, 15) is 4.79 Å². The highest BCUT2D eigenvalue weighted by atomic mass is 16.5. The summed E-state index contributed by atoms with van der Waals surface area (Å²) in [6.07, 6.45) is 6.52. The lowest BCUT2D eigenvalue weighted by molar-refractivity contribution is -0.148. The Morgan fingerprint density at radius 1 is 1.40 bits per heavy atom. The van der Waals surface area contributed by atoms with Crippen molar-refractivity contribution in [2.45, 2.75) is 64.0 Å². The van der Waals surface area contributed by atoms with Gasteiger partial charge in [0, 0.05) is 6.04 Å². The summed E-state index contributed by atoms with van der Waals surface area (Å²) in [5, 5.41) is 0. The van der Waals surface area contributed by atoms with Crippen LogP contribution in [0, 0.1) is 11.8 Å². The van der Waals surface area contributed by atoms with Gasteiger partial charge < -0.3 is 15.4 Å². The van der Waals surface area contributed by atoms with Gasteiger partial charge in [0.05, 0.1) is 7.11 Å². The molecule has 0 radical (unpaired) electrons. The summed E-state index contributed by atoms with van der Waals surface area (Å²) < 4.78 is 4.92. The second-order valence-corrected chi connectivity index (χ2v) is 6.90. The summed E-state index contributed by atoms with van der Waals surface area (Å²) in [5.41, 5.74) is 5.61. The predicted molar refractivity (Wildman–Crippen MR) is 80.3 cm³/mol. The molecule has 3 atom stereocenters. The third-order valence-electron chi connectivity index (χ3n) is 5.39. The highest BCUT2D eigenvalue weighted by Crippen LogP contribution is 2.37. The minimum absolute atomic E-state index is 0.221. The first kappa shape index (κ1) is 15.8. The van der Waals surface area contributed by atoms with Crippen LogP contribution in [0.25, 0.3) is 0 Å². The number of hydrogen-bond acceptors (Lipinski definition) is 4.